The van der Waals surface area contributed by atoms with Gasteiger partial charge >= 0.3 is 11.9 Å². The van der Waals surface area contributed by atoms with Gasteiger partial charge in [0.05, 0.1) is 13.2 Å². The zero-order chi connectivity index (χ0) is 24.2. The van der Waals surface area contributed by atoms with Gasteiger partial charge in [-0.25, -0.2) is 0 Å². The summed E-state index contributed by atoms with van der Waals surface area (Å²) in [6, 6.07) is 0. The average Bonchev–Trinajstić information content (AvgIpc) is 2.81. The molecule has 0 aromatic heterocycles. The predicted octanol–water partition coefficient (Wildman–Crippen LogP) is 6.25. The average molecular weight is 473 g/mol. The highest BCUT2D eigenvalue weighted by Gasteiger charge is 2.04. The highest BCUT2D eigenvalue weighted by molar-refractivity contribution is 5.69. The Labute approximate surface area is 202 Å². The number of ether oxygens (including phenoxy) is 2. The fraction of sp³-hybridized carbons (Fsp3) is 0.926. The number of carbonyl (C=O) groups excluding carboxylic acids is 2. The zero-order valence-corrected chi connectivity index (χ0v) is 21.2. The van der Waals surface area contributed by atoms with Crippen molar-refractivity contribution in [2.75, 3.05) is 26.4 Å². The maximum Gasteiger partial charge on any atom is 0.305 e. The molecule has 2 N–H and O–H groups in total. The number of unbranched alkanes of at least 4 members (excludes halogenated alkanes) is 16. The van der Waals surface area contributed by atoms with Crippen molar-refractivity contribution < 1.29 is 29.3 Å². The summed E-state index contributed by atoms with van der Waals surface area (Å²) in [5.41, 5.74) is 0. The van der Waals surface area contributed by atoms with E-state index in [1.165, 1.54) is 25.7 Å². The molecule has 0 unspecified atom stereocenters. The first-order valence-electron chi connectivity index (χ1n) is 13.7. The Morgan fingerprint density at radius 2 is 0.667 bits per heavy atom. The van der Waals surface area contributed by atoms with Gasteiger partial charge in [-0.2, -0.15) is 0 Å². The van der Waals surface area contributed by atoms with Crippen molar-refractivity contribution in [2.24, 2.45) is 0 Å². The largest absolute Gasteiger partial charge is 0.466 e. The predicted molar refractivity (Wildman–Crippen MR) is 133 cm³/mol. The van der Waals surface area contributed by atoms with Gasteiger partial charge in [-0.1, -0.05) is 83.5 Å². The lowest BCUT2D eigenvalue weighted by Crippen LogP contribution is -2.06. The molecule has 0 amide bonds. The van der Waals surface area contributed by atoms with Crippen LogP contribution in [-0.4, -0.2) is 48.6 Å². The third kappa shape index (κ3) is 27.0. The number of carbonyl (C=O) groups is 2. The maximum absolute atomic E-state index is 11.7. The minimum absolute atomic E-state index is 0.0797. The molecule has 0 aliphatic rings. The highest BCUT2D eigenvalue weighted by atomic mass is 16.5. The summed E-state index contributed by atoms with van der Waals surface area (Å²) in [7, 11) is 0. The van der Waals surface area contributed by atoms with Gasteiger partial charge in [-0.3, -0.25) is 9.59 Å². The summed E-state index contributed by atoms with van der Waals surface area (Å²) in [6.07, 6.45) is 20.9. The molecule has 0 spiro atoms. The van der Waals surface area contributed by atoms with Crippen molar-refractivity contribution >= 4 is 11.9 Å². The van der Waals surface area contributed by atoms with Crippen LogP contribution in [0.3, 0.4) is 0 Å². The second-order valence-corrected chi connectivity index (χ2v) is 9.11. The first-order chi connectivity index (χ1) is 16.2. The van der Waals surface area contributed by atoms with E-state index in [1.807, 2.05) is 0 Å². The maximum atomic E-state index is 11.7. The Morgan fingerprint density at radius 3 is 1.00 bits per heavy atom. The first-order valence-corrected chi connectivity index (χ1v) is 13.7. The molecule has 0 aliphatic carbocycles. The third-order valence-corrected chi connectivity index (χ3v) is 5.89. The molecule has 0 bridgehead atoms. The summed E-state index contributed by atoms with van der Waals surface area (Å²) in [4.78, 5) is 23.4. The van der Waals surface area contributed by atoms with Gasteiger partial charge in [-0.15, -0.1) is 0 Å². The topological polar surface area (TPSA) is 93.1 Å². The molecule has 0 rings (SSSR count). The lowest BCUT2D eigenvalue weighted by atomic mass is 10.1. The number of aliphatic hydroxyl groups is 2. The SMILES string of the molecule is O=C(CCCCCCCCCO)OCCCCCCCOC(=O)CCCCCCCCCO. The van der Waals surface area contributed by atoms with Gasteiger partial charge < -0.3 is 19.7 Å². The first kappa shape index (κ1) is 31.9. The molecule has 0 fully saturated rings. The molecule has 0 aliphatic heterocycles. The highest BCUT2D eigenvalue weighted by Crippen LogP contribution is 2.11. The second kappa shape index (κ2) is 27.1. The van der Waals surface area contributed by atoms with Crippen molar-refractivity contribution in [3.63, 3.8) is 0 Å². The number of aliphatic hydroxyl groups excluding tert-OH is 2. The van der Waals surface area contributed by atoms with E-state index in [0.717, 1.165) is 96.3 Å². The Kier molecular flexibility index (Phi) is 26.2. The van der Waals surface area contributed by atoms with Crippen LogP contribution >= 0.6 is 0 Å². The number of rotatable bonds is 26. The van der Waals surface area contributed by atoms with Crippen LogP contribution in [0, 0.1) is 0 Å². The molecule has 0 atom stereocenters. The molecule has 0 aromatic carbocycles. The van der Waals surface area contributed by atoms with Crippen molar-refractivity contribution in [1.82, 2.24) is 0 Å². The quantitative estimate of drug-likeness (QED) is 0.114. The van der Waals surface area contributed by atoms with Crippen molar-refractivity contribution in [3.05, 3.63) is 0 Å². The standard InChI is InChI=1S/C27H52O6/c28-22-16-10-5-1-3-8-14-20-26(30)32-24-18-12-7-13-19-25-33-27(31)21-15-9-4-2-6-11-17-23-29/h28-29H,1-25H2. The van der Waals surface area contributed by atoms with Crippen LogP contribution in [0.5, 0.6) is 0 Å². The van der Waals surface area contributed by atoms with Crippen LogP contribution in [0.15, 0.2) is 0 Å². The van der Waals surface area contributed by atoms with Crippen LogP contribution in [-0.2, 0) is 19.1 Å². The molecule has 6 nitrogen and oxygen atoms in total. The van der Waals surface area contributed by atoms with Crippen LogP contribution < -0.4 is 0 Å². The molecule has 196 valence electrons. The van der Waals surface area contributed by atoms with Crippen LogP contribution in [0.4, 0.5) is 0 Å². The third-order valence-electron chi connectivity index (χ3n) is 5.89. The van der Waals surface area contributed by atoms with E-state index in [1.54, 1.807) is 0 Å². The van der Waals surface area contributed by atoms with E-state index in [9.17, 15) is 9.59 Å². The van der Waals surface area contributed by atoms with Crippen LogP contribution in [0.1, 0.15) is 135 Å². The monoisotopic (exact) mass is 472 g/mol. The van der Waals surface area contributed by atoms with Crippen molar-refractivity contribution in [2.45, 2.75) is 135 Å². The lowest BCUT2D eigenvalue weighted by Gasteiger charge is -2.06. The molecule has 33 heavy (non-hydrogen) atoms. The van der Waals surface area contributed by atoms with Gasteiger partial charge in [0.25, 0.3) is 0 Å². The van der Waals surface area contributed by atoms with Crippen molar-refractivity contribution in [1.29, 1.82) is 0 Å². The van der Waals surface area contributed by atoms with Crippen LogP contribution in [0.25, 0.3) is 0 Å². The minimum atomic E-state index is -0.0797. The van der Waals surface area contributed by atoms with Crippen molar-refractivity contribution in [3.8, 4) is 0 Å². The fourth-order valence-electron chi connectivity index (χ4n) is 3.78. The molecule has 0 aromatic rings. The summed E-state index contributed by atoms with van der Waals surface area (Å²) in [6.45, 7) is 1.60. The summed E-state index contributed by atoms with van der Waals surface area (Å²) in [5, 5.41) is 17.5. The van der Waals surface area contributed by atoms with E-state index in [-0.39, 0.29) is 25.2 Å². The van der Waals surface area contributed by atoms with E-state index in [4.69, 9.17) is 19.7 Å². The second-order valence-electron chi connectivity index (χ2n) is 9.11. The Balaban J connectivity index is 3.24. The molecular weight excluding hydrogens is 420 g/mol. The van der Waals surface area contributed by atoms with Gasteiger partial charge in [0.15, 0.2) is 0 Å². The normalized spacial score (nSPS) is 11.0. The Morgan fingerprint density at radius 1 is 0.394 bits per heavy atom. The summed E-state index contributed by atoms with van der Waals surface area (Å²) >= 11 is 0. The van der Waals surface area contributed by atoms with E-state index in [0.29, 0.717) is 26.1 Å². The Hall–Kier alpha value is -1.14. The lowest BCUT2D eigenvalue weighted by molar-refractivity contribution is -0.144. The van der Waals surface area contributed by atoms with Gasteiger partial charge in [0, 0.05) is 26.1 Å². The smallest absolute Gasteiger partial charge is 0.305 e. The molecule has 0 radical (unpaired) electrons. The minimum Gasteiger partial charge on any atom is -0.466 e. The molecule has 0 heterocycles. The number of hydrogen-bond donors (Lipinski definition) is 2. The van der Waals surface area contributed by atoms with Gasteiger partial charge in [0.2, 0.25) is 0 Å². The van der Waals surface area contributed by atoms with Gasteiger partial charge in [0.1, 0.15) is 0 Å². The van der Waals surface area contributed by atoms with E-state index in [2.05, 4.69) is 0 Å². The molecule has 0 saturated heterocycles. The van der Waals surface area contributed by atoms with Gasteiger partial charge in [-0.05, 0) is 38.5 Å². The van der Waals surface area contributed by atoms with E-state index >= 15 is 0 Å². The fourth-order valence-corrected chi connectivity index (χ4v) is 3.78. The Bertz CT molecular complexity index is 389. The summed E-state index contributed by atoms with van der Waals surface area (Å²) < 4.78 is 10.6. The summed E-state index contributed by atoms with van der Waals surface area (Å²) in [5.74, 6) is -0.159. The number of esters is 2. The zero-order valence-electron chi connectivity index (χ0n) is 21.2. The van der Waals surface area contributed by atoms with Crippen LogP contribution in [0.2, 0.25) is 0 Å². The molecular formula is C27H52O6. The molecule has 6 heteroatoms. The number of hydrogen-bond acceptors (Lipinski definition) is 6. The molecule has 0 saturated carbocycles. The van der Waals surface area contributed by atoms with E-state index < -0.39 is 0 Å².